The summed E-state index contributed by atoms with van der Waals surface area (Å²) in [5, 5.41) is 18.9. The van der Waals surface area contributed by atoms with Gasteiger partial charge < -0.3 is 14.6 Å². The van der Waals surface area contributed by atoms with Gasteiger partial charge in [0.2, 0.25) is 0 Å². The van der Waals surface area contributed by atoms with Crippen LogP contribution in [-0.2, 0) is 6.18 Å². The fraction of sp³-hybridized carbons (Fsp3) is 0.154. The van der Waals surface area contributed by atoms with Crippen molar-refractivity contribution >= 4 is 5.97 Å². The topological polar surface area (TPSA) is 70.7 Å². The standard InChI is InChI=1S/C13H9F3O4/c14-13(15,16)8-3-1-2-7(6-8)10(17)11-9(12(18)19)4-5-20-11/h1-6,10,17H,(H,18,19). The highest BCUT2D eigenvalue weighted by molar-refractivity contribution is 5.88. The second kappa shape index (κ2) is 5.01. The second-order valence-electron chi connectivity index (χ2n) is 4.03. The summed E-state index contributed by atoms with van der Waals surface area (Å²) in [5.41, 5.74) is -1.33. The van der Waals surface area contributed by atoms with E-state index in [1.807, 2.05) is 0 Å². The summed E-state index contributed by atoms with van der Waals surface area (Å²) in [6.07, 6.45) is -5.08. The summed E-state index contributed by atoms with van der Waals surface area (Å²) in [5.74, 6) is -1.64. The molecule has 0 aliphatic rings. The van der Waals surface area contributed by atoms with Gasteiger partial charge in [-0.3, -0.25) is 0 Å². The number of carbonyl (C=O) groups is 1. The Morgan fingerprint density at radius 2 is 1.95 bits per heavy atom. The SMILES string of the molecule is O=C(O)c1ccoc1C(O)c1cccc(C(F)(F)F)c1. The number of halogens is 3. The van der Waals surface area contributed by atoms with Gasteiger partial charge in [0.15, 0.2) is 5.76 Å². The van der Waals surface area contributed by atoms with E-state index in [9.17, 15) is 23.1 Å². The molecular formula is C13H9F3O4. The molecule has 2 rings (SSSR count). The first kappa shape index (κ1) is 14.1. The first-order valence-electron chi connectivity index (χ1n) is 5.46. The lowest BCUT2D eigenvalue weighted by Gasteiger charge is -2.12. The molecule has 0 fully saturated rings. The molecule has 2 N–H and O–H groups in total. The Balaban J connectivity index is 2.41. The minimum Gasteiger partial charge on any atom is -0.478 e. The van der Waals surface area contributed by atoms with E-state index in [0.717, 1.165) is 30.5 Å². The van der Waals surface area contributed by atoms with Crippen LogP contribution < -0.4 is 0 Å². The van der Waals surface area contributed by atoms with Gasteiger partial charge in [-0.15, -0.1) is 0 Å². The van der Waals surface area contributed by atoms with Crippen molar-refractivity contribution in [1.82, 2.24) is 0 Å². The summed E-state index contributed by atoms with van der Waals surface area (Å²) in [7, 11) is 0. The highest BCUT2D eigenvalue weighted by atomic mass is 19.4. The molecule has 1 unspecified atom stereocenters. The third kappa shape index (κ3) is 2.67. The Bertz CT molecular complexity index is 631. The van der Waals surface area contributed by atoms with E-state index in [1.54, 1.807) is 0 Å². The average Bonchev–Trinajstić information content (AvgIpc) is 2.86. The van der Waals surface area contributed by atoms with E-state index in [0.29, 0.717) is 0 Å². The van der Waals surface area contributed by atoms with E-state index in [4.69, 9.17) is 9.52 Å². The number of alkyl halides is 3. The van der Waals surface area contributed by atoms with Crippen molar-refractivity contribution in [3.8, 4) is 0 Å². The Hall–Kier alpha value is -2.28. The van der Waals surface area contributed by atoms with Crippen LogP contribution in [0.4, 0.5) is 13.2 Å². The summed E-state index contributed by atoms with van der Waals surface area (Å²) < 4.78 is 42.6. The van der Waals surface area contributed by atoms with Crippen molar-refractivity contribution < 1.29 is 32.6 Å². The highest BCUT2D eigenvalue weighted by Gasteiger charge is 2.31. The zero-order chi connectivity index (χ0) is 14.9. The third-order valence-corrected chi connectivity index (χ3v) is 2.70. The molecule has 1 heterocycles. The van der Waals surface area contributed by atoms with Gasteiger partial charge in [0, 0.05) is 0 Å². The molecule has 1 aromatic heterocycles. The van der Waals surface area contributed by atoms with Crippen LogP contribution in [-0.4, -0.2) is 16.2 Å². The number of carboxylic acid groups (broad SMARTS) is 1. The predicted molar refractivity (Wildman–Crippen MR) is 61.2 cm³/mol. The second-order valence-corrected chi connectivity index (χ2v) is 4.03. The van der Waals surface area contributed by atoms with Crippen LogP contribution in [0.2, 0.25) is 0 Å². The van der Waals surface area contributed by atoms with E-state index in [-0.39, 0.29) is 16.9 Å². The monoisotopic (exact) mass is 286 g/mol. The Kier molecular flexibility index (Phi) is 3.54. The quantitative estimate of drug-likeness (QED) is 0.909. The van der Waals surface area contributed by atoms with Gasteiger partial charge in [0.1, 0.15) is 11.7 Å². The number of aliphatic hydroxyl groups excluding tert-OH is 1. The van der Waals surface area contributed by atoms with E-state index in [2.05, 4.69) is 0 Å². The van der Waals surface area contributed by atoms with E-state index in [1.165, 1.54) is 6.07 Å². The smallest absolute Gasteiger partial charge is 0.416 e. The van der Waals surface area contributed by atoms with Gasteiger partial charge in [0.05, 0.1) is 11.8 Å². The minimum atomic E-state index is -4.55. The van der Waals surface area contributed by atoms with Crippen LogP contribution in [0.3, 0.4) is 0 Å². The number of furan rings is 1. The Labute approximate surface area is 111 Å². The van der Waals surface area contributed by atoms with Crippen LogP contribution in [0.1, 0.15) is 33.3 Å². The maximum absolute atomic E-state index is 12.6. The van der Waals surface area contributed by atoms with Crippen molar-refractivity contribution in [3.05, 3.63) is 59.0 Å². The minimum absolute atomic E-state index is 0.0997. The van der Waals surface area contributed by atoms with Crippen molar-refractivity contribution in [3.63, 3.8) is 0 Å². The highest BCUT2D eigenvalue weighted by Crippen LogP contribution is 2.33. The van der Waals surface area contributed by atoms with Crippen molar-refractivity contribution in [2.45, 2.75) is 12.3 Å². The van der Waals surface area contributed by atoms with Crippen molar-refractivity contribution in [2.24, 2.45) is 0 Å². The lowest BCUT2D eigenvalue weighted by molar-refractivity contribution is -0.137. The van der Waals surface area contributed by atoms with Gasteiger partial charge in [0.25, 0.3) is 0 Å². The fourth-order valence-electron chi connectivity index (χ4n) is 1.75. The van der Waals surface area contributed by atoms with Crippen LogP contribution in [0, 0.1) is 0 Å². The van der Waals surface area contributed by atoms with Gasteiger partial charge in [-0.05, 0) is 23.8 Å². The average molecular weight is 286 g/mol. The summed E-state index contributed by atoms with van der Waals surface area (Å²) in [6, 6.07) is 5.11. The van der Waals surface area contributed by atoms with Crippen LogP contribution >= 0.6 is 0 Å². The molecule has 0 bridgehead atoms. The molecule has 7 heteroatoms. The van der Waals surface area contributed by atoms with Gasteiger partial charge in [-0.2, -0.15) is 13.2 Å². The molecule has 0 spiro atoms. The third-order valence-electron chi connectivity index (χ3n) is 2.70. The van der Waals surface area contributed by atoms with Crippen LogP contribution in [0.25, 0.3) is 0 Å². The zero-order valence-electron chi connectivity index (χ0n) is 9.89. The maximum atomic E-state index is 12.6. The molecule has 0 amide bonds. The molecule has 0 saturated heterocycles. The Morgan fingerprint density at radius 1 is 1.25 bits per heavy atom. The number of aliphatic hydroxyl groups is 1. The number of benzene rings is 1. The molecule has 106 valence electrons. The lowest BCUT2D eigenvalue weighted by Crippen LogP contribution is -2.09. The van der Waals surface area contributed by atoms with E-state index < -0.39 is 23.8 Å². The first-order chi connectivity index (χ1) is 9.30. The summed E-state index contributed by atoms with van der Waals surface area (Å²) in [6.45, 7) is 0. The molecular weight excluding hydrogens is 277 g/mol. The molecule has 0 saturated carbocycles. The predicted octanol–water partition coefficient (Wildman–Crippen LogP) is 3.08. The molecule has 0 aliphatic heterocycles. The zero-order valence-corrected chi connectivity index (χ0v) is 9.89. The number of rotatable bonds is 3. The number of aromatic carboxylic acids is 1. The molecule has 1 aromatic carbocycles. The number of carboxylic acids is 1. The normalized spacial score (nSPS) is 13.2. The van der Waals surface area contributed by atoms with Crippen LogP contribution in [0.5, 0.6) is 0 Å². The summed E-state index contributed by atoms with van der Waals surface area (Å²) in [4.78, 5) is 10.9. The molecule has 0 radical (unpaired) electrons. The molecule has 1 atom stereocenters. The fourth-order valence-corrected chi connectivity index (χ4v) is 1.75. The van der Waals surface area contributed by atoms with Crippen molar-refractivity contribution in [2.75, 3.05) is 0 Å². The number of hydrogen-bond acceptors (Lipinski definition) is 3. The first-order valence-corrected chi connectivity index (χ1v) is 5.46. The van der Waals surface area contributed by atoms with Crippen LogP contribution in [0.15, 0.2) is 41.0 Å². The van der Waals surface area contributed by atoms with E-state index >= 15 is 0 Å². The van der Waals surface area contributed by atoms with Gasteiger partial charge in [-0.1, -0.05) is 12.1 Å². The van der Waals surface area contributed by atoms with Gasteiger partial charge in [-0.25, -0.2) is 4.79 Å². The molecule has 0 aliphatic carbocycles. The van der Waals surface area contributed by atoms with Gasteiger partial charge >= 0.3 is 12.1 Å². The molecule has 2 aromatic rings. The Morgan fingerprint density at radius 3 is 2.55 bits per heavy atom. The summed E-state index contributed by atoms with van der Waals surface area (Å²) >= 11 is 0. The lowest BCUT2D eigenvalue weighted by atomic mass is 10.0. The number of hydrogen-bond donors (Lipinski definition) is 2. The molecule has 20 heavy (non-hydrogen) atoms. The largest absolute Gasteiger partial charge is 0.478 e. The maximum Gasteiger partial charge on any atom is 0.416 e. The van der Waals surface area contributed by atoms with Crippen molar-refractivity contribution in [1.29, 1.82) is 0 Å². The molecule has 4 nitrogen and oxygen atoms in total.